The quantitative estimate of drug-likeness (QED) is 0.339. The average molecular weight is 467 g/mol. The Morgan fingerprint density at radius 1 is 1.16 bits per heavy atom. The van der Waals surface area contributed by atoms with Gasteiger partial charge in [-0.1, -0.05) is 6.92 Å². The van der Waals surface area contributed by atoms with Crippen molar-refractivity contribution < 1.29 is 4.74 Å². The fraction of sp³-hybridized carbons (Fsp3) is 0.944. The van der Waals surface area contributed by atoms with Crippen LogP contribution < -0.4 is 10.6 Å². The standard InChI is InChI=1S/C18H37N5O.HI/c1-4-19-18(20-7-10-22-11-13-24-14-12-22)21-15-17(3)23-8-5-16(2)6-9-23;/h16-17H,4-15H2,1-3H3,(H2,19,20,21);1H. The van der Waals surface area contributed by atoms with Gasteiger partial charge in [0.25, 0.3) is 0 Å². The molecule has 2 saturated heterocycles. The first-order chi connectivity index (χ1) is 11.7. The third-order valence-corrected chi connectivity index (χ3v) is 5.12. The van der Waals surface area contributed by atoms with Crippen molar-refractivity contribution in [2.75, 3.05) is 65.6 Å². The number of halogens is 1. The second kappa shape index (κ2) is 13.1. The fourth-order valence-electron chi connectivity index (χ4n) is 3.31. The predicted octanol–water partition coefficient (Wildman–Crippen LogP) is 1.61. The Morgan fingerprint density at radius 3 is 2.48 bits per heavy atom. The lowest BCUT2D eigenvalue weighted by atomic mass is 9.98. The molecule has 0 amide bonds. The molecule has 0 aromatic carbocycles. The van der Waals surface area contributed by atoms with Crippen molar-refractivity contribution in [3.63, 3.8) is 0 Å². The Bertz CT molecular complexity index is 368. The maximum Gasteiger partial charge on any atom is 0.191 e. The number of guanidine groups is 1. The van der Waals surface area contributed by atoms with Crippen molar-refractivity contribution in [3.05, 3.63) is 0 Å². The molecule has 1 atom stereocenters. The molecule has 0 bridgehead atoms. The summed E-state index contributed by atoms with van der Waals surface area (Å²) in [5, 5.41) is 6.83. The molecule has 148 valence electrons. The van der Waals surface area contributed by atoms with E-state index in [4.69, 9.17) is 9.73 Å². The molecule has 2 aliphatic heterocycles. The summed E-state index contributed by atoms with van der Waals surface area (Å²) < 4.78 is 5.39. The van der Waals surface area contributed by atoms with Gasteiger partial charge in [0.05, 0.1) is 19.8 Å². The van der Waals surface area contributed by atoms with Crippen LogP contribution in [0.1, 0.15) is 33.6 Å². The Morgan fingerprint density at radius 2 is 1.84 bits per heavy atom. The fourth-order valence-corrected chi connectivity index (χ4v) is 3.31. The third kappa shape index (κ3) is 8.88. The molecule has 6 nitrogen and oxygen atoms in total. The monoisotopic (exact) mass is 467 g/mol. The van der Waals surface area contributed by atoms with E-state index in [0.717, 1.165) is 64.4 Å². The minimum Gasteiger partial charge on any atom is -0.379 e. The van der Waals surface area contributed by atoms with Crippen LogP contribution in [0.15, 0.2) is 4.99 Å². The average Bonchev–Trinajstić information content (AvgIpc) is 2.61. The van der Waals surface area contributed by atoms with Crippen molar-refractivity contribution in [2.45, 2.75) is 39.7 Å². The second-order valence-corrected chi connectivity index (χ2v) is 7.17. The molecule has 2 aliphatic rings. The molecule has 0 radical (unpaired) electrons. The molecule has 0 aliphatic carbocycles. The number of morpholine rings is 1. The summed E-state index contributed by atoms with van der Waals surface area (Å²) in [5.74, 6) is 1.83. The minimum atomic E-state index is 0. The van der Waals surface area contributed by atoms with Crippen LogP contribution in [0.3, 0.4) is 0 Å². The molecular weight excluding hydrogens is 429 g/mol. The number of piperidine rings is 1. The van der Waals surface area contributed by atoms with Gasteiger partial charge in [-0.3, -0.25) is 14.8 Å². The predicted molar refractivity (Wildman–Crippen MR) is 116 cm³/mol. The van der Waals surface area contributed by atoms with Gasteiger partial charge in [0.2, 0.25) is 0 Å². The minimum absolute atomic E-state index is 0. The Balaban J connectivity index is 0.00000312. The normalized spacial score (nSPS) is 22.3. The summed E-state index contributed by atoms with van der Waals surface area (Å²) in [4.78, 5) is 9.83. The lowest BCUT2D eigenvalue weighted by molar-refractivity contribution is 0.0389. The van der Waals surface area contributed by atoms with Crippen molar-refractivity contribution >= 4 is 29.9 Å². The first kappa shape index (κ1) is 22.9. The number of rotatable bonds is 7. The third-order valence-electron chi connectivity index (χ3n) is 5.12. The number of aliphatic imine (C=N–C) groups is 1. The van der Waals surface area contributed by atoms with Crippen LogP contribution >= 0.6 is 24.0 Å². The first-order valence-corrected chi connectivity index (χ1v) is 9.75. The van der Waals surface area contributed by atoms with Crippen LogP contribution in [-0.4, -0.2) is 87.4 Å². The zero-order valence-corrected chi connectivity index (χ0v) is 18.6. The van der Waals surface area contributed by atoms with Gasteiger partial charge in [-0.05, 0) is 45.7 Å². The van der Waals surface area contributed by atoms with E-state index in [2.05, 4.69) is 41.2 Å². The zero-order valence-electron chi connectivity index (χ0n) is 16.3. The van der Waals surface area contributed by atoms with E-state index in [-0.39, 0.29) is 24.0 Å². The van der Waals surface area contributed by atoms with Crippen molar-refractivity contribution in [1.29, 1.82) is 0 Å². The number of likely N-dealkylation sites (tertiary alicyclic amines) is 1. The van der Waals surface area contributed by atoms with E-state index < -0.39 is 0 Å². The maximum atomic E-state index is 5.39. The topological polar surface area (TPSA) is 52.1 Å². The molecule has 2 heterocycles. The molecular formula is C18H38IN5O. The number of hydrogen-bond donors (Lipinski definition) is 2. The van der Waals surface area contributed by atoms with Gasteiger partial charge in [0.15, 0.2) is 5.96 Å². The smallest absolute Gasteiger partial charge is 0.191 e. The van der Waals surface area contributed by atoms with Crippen LogP contribution in [0.4, 0.5) is 0 Å². The van der Waals surface area contributed by atoms with Crippen molar-refractivity contribution in [3.8, 4) is 0 Å². The number of ether oxygens (including phenoxy) is 1. The Labute approximate surface area is 171 Å². The first-order valence-electron chi connectivity index (χ1n) is 9.75. The highest BCUT2D eigenvalue weighted by molar-refractivity contribution is 14.0. The van der Waals surface area contributed by atoms with Crippen LogP contribution in [0.25, 0.3) is 0 Å². The van der Waals surface area contributed by atoms with Gasteiger partial charge in [-0.2, -0.15) is 0 Å². The van der Waals surface area contributed by atoms with Crippen molar-refractivity contribution in [1.82, 2.24) is 20.4 Å². The summed E-state index contributed by atoms with van der Waals surface area (Å²) in [5.41, 5.74) is 0. The summed E-state index contributed by atoms with van der Waals surface area (Å²) in [6.45, 7) is 16.8. The molecule has 0 saturated carbocycles. The van der Waals surface area contributed by atoms with E-state index in [1.54, 1.807) is 0 Å². The SMILES string of the molecule is CCNC(=NCC(C)N1CCC(C)CC1)NCCN1CCOCC1.I. The molecule has 25 heavy (non-hydrogen) atoms. The number of hydrogen-bond acceptors (Lipinski definition) is 4. The zero-order chi connectivity index (χ0) is 17.2. The summed E-state index contributed by atoms with van der Waals surface area (Å²) >= 11 is 0. The van der Waals surface area contributed by atoms with E-state index in [1.807, 2.05) is 0 Å². The second-order valence-electron chi connectivity index (χ2n) is 7.17. The molecule has 1 unspecified atom stereocenters. The van der Waals surface area contributed by atoms with E-state index in [0.29, 0.717) is 6.04 Å². The lowest BCUT2D eigenvalue weighted by Crippen LogP contribution is -2.45. The molecule has 0 aromatic heterocycles. The molecule has 0 aromatic rings. The van der Waals surface area contributed by atoms with Gasteiger partial charge in [0.1, 0.15) is 0 Å². The molecule has 2 fully saturated rings. The number of nitrogens with zero attached hydrogens (tertiary/aromatic N) is 3. The molecule has 2 rings (SSSR count). The summed E-state index contributed by atoms with van der Waals surface area (Å²) in [6.07, 6.45) is 2.65. The molecule has 2 N–H and O–H groups in total. The molecule has 0 spiro atoms. The van der Waals surface area contributed by atoms with Crippen LogP contribution in [0.5, 0.6) is 0 Å². The van der Waals surface area contributed by atoms with E-state index >= 15 is 0 Å². The summed E-state index contributed by atoms with van der Waals surface area (Å²) in [6, 6.07) is 0.521. The van der Waals surface area contributed by atoms with E-state index in [9.17, 15) is 0 Å². The number of nitrogens with one attached hydrogen (secondary N) is 2. The Hall–Kier alpha value is -0.120. The van der Waals surface area contributed by atoms with Gasteiger partial charge in [-0.15, -0.1) is 24.0 Å². The lowest BCUT2D eigenvalue weighted by Gasteiger charge is -2.34. The van der Waals surface area contributed by atoms with E-state index in [1.165, 1.54) is 25.9 Å². The van der Waals surface area contributed by atoms with Gasteiger partial charge >= 0.3 is 0 Å². The highest BCUT2D eigenvalue weighted by Gasteiger charge is 2.20. The largest absolute Gasteiger partial charge is 0.379 e. The van der Waals surface area contributed by atoms with Crippen molar-refractivity contribution in [2.24, 2.45) is 10.9 Å². The maximum absolute atomic E-state index is 5.39. The Kier molecular flexibility index (Phi) is 12.0. The van der Waals surface area contributed by atoms with Gasteiger partial charge < -0.3 is 15.4 Å². The van der Waals surface area contributed by atoms with Gasteiger partial charge in [-0.25, -0.2) is 0 Å². The van der Waals surface area contributed by atoms with Gasteiger partial charge in [0, 0.05) is 38.8 Å². The van der Waals surface area contributed by atoms with Crippen LogP contribution in [-0.2, 0) is 4.74 Å². The summed E-state index contributed by atoms with van der Waals surface area (Å²) in [7, 11) is 0. The highest BCUT2D eigenvalue weighted by Crippen LogP contribution is 2.17. The highest BCUT2D eigenvalue weighted by atomic mass is 127. The molecule has 7 heteroatoms. The van der Waals surface area contributed by atoms with Crippen LogP contribution in [0, 0.1) is 5.92 Å². The van der Waals surface area contributed by atoms with Crippen LogP contribution in [0.2, 0.25) is 0 Å².